The summed E-state index contributed by atoms with van der Waals surface area (Å²) in [6.07, 6.45) is 1.05. The number of aliphatic imine (C=N–C) groups is 1. The van der Waals surface area contributed by atoms with Crippen molar-refractivity contribution in [2.45, 2.75) is 39.3 Å². The fourth-order valence-electron chi connectivity index (χ4n) is 3.65. The second-order valence-electron chi connectivity index (χ2n) is 7.62. The number of piperidine rings is 1. The number of methoxy groups -OCH3 is 1. The number of hydrogen-bond donors (Lipinski definition) is 3. The van der Waals surface area contributed by atoms with Crippen molar-refractivity contribution < 1.29 is 19.0 Å². The van der Waals surface area contributed by atoms with Crippen LogP contribution in [0.4, 0.5) is 15.8 Å². The number of halogens is 1. The van der Waals surface area contributed by atoms with Gasteiger partial charge in [-0.05, 0) is 56.5 Å². The third-order valence-corrected chi connectivity index (χ3v) is 5.31. The van der Waals surface area contributed by atoms with Gasteiger partial charge in [0.1, 0.15) is 5.82 Å². The van der Waals surface area contributed by atoms with Gasteiger partial charge >= 0.3 is 0 Å². The Hall–Kier alpha value is -3.00. The number of nitrogens with zero attached hydrogens (tertiary/aromatic N) is 2. The number of aliphatic hydroxyl groups excluding tert-OH is 1. The molecule has 1 heterocycles. The van der Waals surface area contributed by atoms with E-state index >= 15 is 0 Å². The van der Waals surface area contributed by atoms with Crippen molar-refractivity contribution >= 4 is 17.3 Å². The van der Waals surface area contributed by atoms with Gasteiger partial charge in [-0.2, -0.15) is 0 Å². The van der Waals surface area contributed by atoms with Gasteiger partial charge in [0.15, 0.2) is 17.5 Å². The van der Waals surface area contributed by atoms with Gasteiger partial charge in [0.2, 0.25) is 0 Å². The molecule has 0 unspecified atom stereocenters. The van der Waals surface area contributed by atoms with Crippen molar-refractivity contribution in [2.24, 2.45) is 4.99 Å². The van der Waals surface area contributed by atoms with Gasteiger partial charge in [0.25, 0.3) is 0 Å². The first-order valence-corrected chi connectivity index (χ1v) is 11.1. The number of anilines is 2. The minimum atomic E-state index is -0.282. The molecular weight excluding hydrogens is 411 g/mol. The largest absolute Gasteiger partial charge is 0.493 e. The van der Waals surface area contributed by atoms with Crippen LogP contribution < -0.4 is 25.0 Å². The first kappa shape index (κ1) is 23.7. The number of rotatable bonds is 8. The first-order chi connectivity index (χ1) is 15.5. The molecule has 1 fully saturated rings. The molecule has 174 valence electrons. The van der Waals surface area contributed by atoms with E-state index in [0.29, 0.717) is 68.8 Å². The van der Waals surface area contributed by atoms with Crippen molar-refractivity contribution in [3.05, 3.63) is 47.8 Å². The van der Waals surface area contributed by atoms with Crippen molar-refractivity contribution in [3.63, 3.8) is 0 Å². The van der Waals surface area contributed by atoms with E-state index in [9.17, 15) is 9.50 Å². The molecule has 0 saturated carbocycles. The maximum absolute atomic E-state index is 14.7. The maximum atomic E-state index is 14.7. The Balaban J connectivity index is 1.69. The Morgan fingerprint density at radius 1 is 1.16 bits per heavy atom. The average molecular weight is 445 g/mol. The van der Waals surface area contributed by atoms with Gasteiger partial charge in [-0.3, -0.25) is 0 Å². The van der Waals surface area contributed by atoms with E-state index in [4.69, 9.17) is 9.47 Å². The summed E-state index contributed by atoms with van der Waals surface area (Å²) in [4.78, 5) is 6.58. The fourth-order valence-corrected chi connectivity index (χ4v) is 3.65. The van der Waals surface area contributed by atoms with Crippen LogP contribution in [0.3, 0.4) is 0 Å². The summed E-state index contributed by atoms with van der Waals surface area (Å²) in [6.45, 7) is 6.81. The second kappa shape index (κ2) is 11.6. The van der Waals surface area contributed by atoms with Crippen LogP contribution in [0.5, 0.6) is 11.5 Å². The molecule has 0 aliphatic carbocycles. The standard InChI is InChI=1S/C24H33FN4O3/c1-4-26-24(28-18-7-9-22(32-5-2)23(15-18)31-3)27-16-17-6-8-21(20(25)14-17)29-12-10-19(30)11-13-29/h6-9,14-15,19,30H,4-5,10-13,16H2,1-3H3,(H2,26,27,28). The highest BCUT2D eigenvalue weighted by molar-refractivity contribution is 5.93. The molecule has 1 saturated heterocycles. The normalized spacial score (nSPS) is 14.9. The Bertz CT molecular complexity index is 914. The zero-order valence-corrected chi connectivity index (χ0v) is 19.0. The monoisotopic (exact) mass is 444 g/mol. The summed E-state index contributed by atoms with van der Waals surface area (Å²) in [5, 5.41) is 16.1. The Morgan fingerprint density at radius 2 is 1.94 bits per heavy atom. The van der Waals surface area contributed by atoms with Crippen LogP contribution in [0.15, 0.2) is 41.4 Å². The van der Waals surface area contributed by atoms with E-state index in [1.165, 1.54) is 6.07 Å². The third-order valence-electron chi connectivity index (χ3n) is 5.31. The van der Waals surface area contributed by atoms with Crippen molar-refractivity contribution in [1.29, 1.82) is 0 Å². The van der Waals surface area contributed by atoms with Crippen LogP contribution in [0.25, 0.3) is 0 Å². The van der Waals surface area contributed by atoms with Crippen LogP contribution in [0, 0.1) is 5.82 Å². The van der Waals surface area contributed by atoms with E-state index in [0.717, 1.165) is 11.3 Å². The number of aliphatic hydroxyl groups is 1. The number of ether oxygens (including phenoxy) is 2. The summed E-state index contributed by atoms with van der Waals surface area (Å²) in [5.41, 5.74) is 2.17. The molecule has 0 aromatic heterocycles. The zero-order valence-electron chi connectivity index (χ0n) is 19.0. The summed E-state index contributed by atoms with van der Waals surface area (Å²) < 4.78 is 25.7. The highest BCUT2D eigenvalue weighted by Gasteiger charge is 2.19. The van der Waals surface area contributed by atoms with E-state index in [-0.39, 0.29) is 11.9 Å². The number of benzene rings is 2. The molecule has 0 amide bonds. The summed E-state index contributed by atoms with van der Waals surface area (Å²) in [6, 6.07) is 10.8. The van der Waals surface area contributed by atoms with Crippen molar-refractivity contribution in [3.8, 4) is 11.5 Å². The molecule has 3 rings (SSSR count). The predicted molar refractivity (Wildman–Crippen MR) is 126 cm³/mol. The Kier molecular flexibility index (Phi) is 8.56. The zero-order chi connectivity index (χ0) is 22.9. The van der Waals surface area contributed by atoms with E-state index in [2.05, 4.69) is 15.6 Å². The quantitative estimate of drug-likeness (QED) is 0.425. The average Bonchev–Trinajstić information content (AvgIpc) is 2.79. The first-order valence-electron chi connectivity index (χ1n) is 11.1. The lowest BCUT2D eigenvalue weighted by Crippen LogP contribution is -2.36. The molecule has 3 N–H and O–H groups in total. The summed E-state index contributed by atoms with van der Waals surface area (Å²) in [5.74, 6) is 1.65. The highest BCUT2D eigenvalue weighted by Crippen LogP contribution is 2.30. The van der Waals surface area contributed by atoms with E-state index < -0.39 is 0 Å². The molecule has 1 aliphatic heterocycles. The molecular formula is C24H33FN4O3. The van der Waals surface area contributed by atoms with Gasteiger partial charge in [-0.25, -0.2) is 9.38 Å². The topological polar surface area (TPSA) is 78.4 Å². The lowest BCUT2D eigenvalue weighted by atomic mass is 10.1. The smallest absolute Gasteiger partial charge is 0.196 e. The van der Waals surface area contributed by atoms with Crippen LogP contribution >= 0.6 is 0 Å². The highest BCUT2D eigenvalue weighted by atomic mass is 19.1. The minimum Gasteiger partial charge on any atom is -0.493 e. The maximum Gasteiger partial charge on any atom is 0.196 e. The molecule has 2 aromatic rings. The molecule has 8 heteroatoms. The number of nitrogens with one attached hydrogen (secondary N) is 2. The Morgan fingerprint density at radius 3 is 2.59 bits per heavy atom. The van der Waals surface area contributed by atoms with Crippen LogP contribution in [0.1, 0.15) is 32.3 Å². The predicted octanol–water partition coefficient (Wildman–Crippen LogP) is 3.77. The van der Waals surface area contributed by atoms with Gasteiger partial charge < -0.3 is 30.1 Å². The third kappa shape index (κ3) is 6.26. The van der Waals surface area contributed by atoms with Crippen LogP contribution in [-0.2, 0) is 6.54 Å². The summed E-state index contributed by atoms with van der Waals surface area (Å²) >= 11 is 0. The molecule has 0 atom stereocenters. The fraction of sp³-hybridized carbons (Fsp3) is 0.458. The molecule has 0 bridgehead atoms. The molecule has 2 aromatic carbocycles. The van der Waals surface area contributed by atoms with Crippen molar-refractivity contribution in [1.82, 2.24) is 5.32 Å². The van der Waals surface area contributed by atoms with E-state index in [1.54, 1.807) is 13.2 Å². The second-order valence-corrected chi connectivity index (χ2v) is 7.62. The van der Waals surface area contributed by atoms with Gasteiger partial charge in [0.05, 0.1) is 32.1 Å². The van der Waals surface area contributed by atoms with Crippen molar-refractivity contribution in [2.75, 3.05) is 43.6 Å². The molecule has 7 nitrogen and oxygen atoms in total. The lowest BCUT2D eigenvalue weighted by molar-refractivity contribution is 0.145. The summed E-state index contributed by atoms with van der Waals surface area (Å²) in [7, 11) is 1.60. The lowest BCUT2D eigenvalue weighted by Gasteiger charge is -2.31. The van der Waals surface area contributed by atoms with Gasteiger partial charge in [0, 0.05) is 31.4 Å². The minimum absolute atomic E-state index is 0.261. The molecule has 0 radical (unpaired) electrons. The Labute approximate surface area is 189 Å². The van der Waals surface area contributed by atoms with Gasteiger partial charge in [-0.15, -0.1) is 0 Å². The number of hydrogen-bond acceptors (Lipinski definition) is 5. The van der Waals surface area contributed by atoms with E-state index in [1.807, 2.05) is 43.0 Å². The van der Waals surface area contributed by atoms with Gasteiger partial charge in [-0.1, -0.05) is 6.07 Å². The van der Waals surface area contributed by atoms with Crippen LogP contribution in [-0.4, -0.2) is 50.5 Å². The van der Waals surface area contributed by atoms with Crippen LogP contribution in [0.2, 0.25) is 0 Å². The molecule has 1 aliphatic rings. The molecule has 32 heavy (non-hydrogen) atoms. The SMILES string of the molecule is CCNC(=NCc1ccc(N2CCC(O)CC2)c(F)c1)Nc1ccc(OCC)c(OC)c1. The molecule has 0 spiro atoms. The number of guanidine groups is 1.